The Hall–Kier alpha value is -2.24. The van der Waals surface area contributed by atoms with E-state index in [2.05, 4.69) is 0 Å². The number of carboxylic acids is 1. The summed E-state index contributed by atoms with van der Waals surface area (Å²) < 4.78 is 11.1. The molecule has 0 unspecified atom stereocenters. The molecule has 0 atom stereocenters. The Balaban J connectivity index is 2.10. The zero-order valence-corrected chi connectivity index (χ0v) is 13.8. The maximum atomic E-state index is 12.7. The predicted molar refractivity (Wildman–Crippen MR) is 85.0 cm³/mol. The van der Waals surface area contributed by atoms with E-state index in [1.54, 1.807) is 11.9 Å². The lowest BCUT2D eigenvalue weighted by Gasteiger charge is -2.30. The van der Waals surface area contributed by atoms with Crippen molar-refractivity contribution in [2.75, 3.05) is 26.8 Å². The lowest BCUT2D eigenvalue weighted by atomic mass is 9.83. The van der Waals surface area contributed by atoms with Crippen molar-refractivity contribution in [2.24, 2.45) is 0 Å². The van der Waals surface area contributed by atoms with Gasteiger partial charge in [-0.2, -0.15) is 0 Å². The van der Waals surface area contributed by atoms with E-state index in [9.17, 15) is 9.59 Å². The maximum absolute atomic E-state index is 12.7. The van der Waals surface area contributed by atoms with Gasteiger partial charge in [-0.05, 0) is 38.0 Å². The van der Waals surface area contributed by atoms with E-state index in [-0.39, 0.29) is 12.3 Å². The third kappa shape index (κ3) is 3.94. The van der Waals surface area contributed by atoms with Crippen LogP contribution in [0.4, 0.5) is 0 Å². The average molecular weight is 321 g/mol. The molecular weight excluding hydrogens is 298 g/mol. The summed E-state index contributed by atoms with van der Waals surface area (Å²) in [5.41, 5.74) is 0.116. The molecule has 0 radical (unpaired) electrons. The molecule has 1 amide bonds. The summed E-state index contributed by atoms with van der Waals surface area (Å²) in [7, 11) is 1.70. The number of carbonyl (C=O) groups excluding carboxylic acids is 1. The third-order valence-corrected chi connectivity index (χ3v) is 4.03. The second-order valence-electron chi connectivity index (χ2n) is 6.21. The predicted octanol–water partition coefficient (Wildman–Crippen LogP) is 2.06. The van der Waals surface area contributed by atoms with E-state index in [0.29, 0.717) is 37.7 Å². The van der Waals surface area contributed by atoms with Crippen LogP contribution in [0.25, 0.3) is 0 Å². The first-order valence-electron chi connectivity index (χ1n) is 7.70. The topological polar surface area (TPSA) is 76.1 Å². The van der Waals surface area contributed by atoms with Gasteiger partial charge in [0, 0.05) is 20.0 Å². The van der Waals surface area contributed by atoms with Gasteiger partial charge in [0.15, 0.2) is 11.5 Å². The molecule has 2 rings (SSSR count). The van der Waals surface area contributed by atoms with Crippen LogP contribution in [0.1, 0.15) is 32.3 Å². The molecule has 23 heavy (non-hydrogen) atoms. The third-order valence-electron chi connectivity index (χ3n) is 4.03. The van der Waals surface area contributed by atoms with Gasteiger partial charge in [0.25, 0.3) is 0 Å². The molecule has 0 spiro atoms. The number of carbonyl (C=O) groups is 2. The number of fused-ring (bicyclic) bond motifs is 1. The highest BCUT2D eigenvalue weighted by molar-refractivity contribution is 5.87. The van der Waals surface area contributed by atoms with Crippen LogP contribution in [0.15, 0.2) is 18.2 Å². The molecule has 1 aromatic rings. The van der Waals surface area contributed by atoms with Crippen LogP contribution in [0.5, 0.6) is 11.5 Å². The molecule has 1 heterocycles. The van der Waals surface area contributed by atoms with Crippen LogP contribution >= 0.6 is 0 Å². The minimum absolute atomic E-state index is 0.0560. The van der Waals surface area contributed by atoms with E-state index in [0.717, 1.165) is 5.56 Å². The molecule has 1 N–H and O–H groups in total. The molecule has 0 saturated carbocycles. The second-order valence-corrected chi connectivity index (χ2v) is 6.21. The van der Waals surface area contributed by atoms with Gasteiger partial charge in [-0.1, -0.05) is 6.07 Å². The average Bonchev–Trinajstić information content (AvgIpc) is 2.53. The van der Waals surface area contributed by atoms with Crippen LogP contribution in [-0.2, 0) is 15.0 Å². The number of carboxylic acid groups (broad SMARTS) is 1. The van der Waals surface area contributed by atoms with Crippen molar-refractivity contribution < 1.29 is 24.2 Å². The van der Waals surface area contributed by atoms with E-state index in [1.165, 1.54) is 0 Å². The first-order chi connectivity index (χ1) is 10.8. The van der Waals surface area contributed by atoms with Crippen molar-refractivity contribution in [3.05, 3.63) is 23.8 Å². The molecule has 1 aliphatic rings. The normalized spacial score (nSPS) is 13.5. The number of hydrogen-bond donors (Lipinski definition) is 1. The van der Waals surface area contributed by atoms with Crippen molar-refractivity contribution in [2.45, 2.75) is 32.1 Å². The van der Waals surface area contributed by atoms with Crippen LogP contribution in [0, 0.1) is 0 Å². The summed E-state index contributed by atoms with van der Waals surface area (Å²) in [6, 6.07) is 5.54. The van der Waals surface area contributed by atoms with Crippen molar-refractivity contribution >= 4 is 11.9 Å². The van der Waals surface area contributed by atoms with Crippen LogP contribution in [0.2, 0.25) is 0 Å². The van der Waals surface area contributed by atoms with Gasteiger partial charge in [-0.25, -0.2) is 0 Å². The Morgan fingerprint density at radius 1 is 1.22 bits per heavy atom. The van der Waals surface area contributed by atoms with Crippen molar-refractivity contribution in [3.63, 3.8) is 0 Å². The standard InChI is InChI=1S/C17H23NO5/c1-17(2,16(21)18(3)8-4-5-15(19)20)12-6-7-13-14(11-12)23-10-9-22-13/h6-7,11H,4-5,8-10H2,1-3H3,(H,19,20). The zero-order valence-electron chi connectivity index (χ0n) is 13.8. The largest absolute Gasteiger partial charge is 0.486 e. The molecule has 0 aliphatic carbocycles. The number of likely N-dealkylation sites (N-methyl/N-ethyl adjacent to an activating group) is 1. The lowest BCUT2D eigenvalue weighted by molar-refractivity contribution is -0.139. The van der Waals surface area contributed by atoms with Crippen molar-refractivity contribution in [1.29, 1.82) is 0 Å². The van der Waals surface area contributed by atoms with E-state index in [1.807, 2.05) is 32.0 Å². The van der Waals surface area contributed by atoms with Crippen molar-refractivity contribution in [3.8, 4) is 11.5 Å². The Morgan fingerprint density at radius 3 is 2.52 bits per heavy atom. The molecule has 0 saturated heterocycles. The number of benzene rings is 1. The minimum atomic E-state index is -0.850. The molecule has 126 valence electrons. The molecule has 1 aromatic carbocycles. The molecule has 0 fully saturated rings. The highest BCUT2D eigenvalue weighted by atomic mass is 16.6. The van der Waals surface area contributed by atoms with E-state index in [4.69, 9.17) is 14.6 Å². The molecule has 1 aliphatic heterocycles. The highest BCUT2D eigenvalue weighted by Gasteiger charge is 2.33. The Labute approximate surface area is 136 Å². The summed E-state index contributed by atoms with van der Waals surface area (Å²) in [4.78, 5) is 24.9. The second kappa shape index (κ2) is 6.89. The first-order valence-corrected chi connectivity index (χ1v) is 7.70. The van der Waals surface area contributed by atoms with Crippen LogP contribution in [-0.4, -0.2) is 48.7 Å². The van der Waals surface area contributed by atoms with Gasteiger partial charge < -0.3 is 19.5 Å². The molecule has 6 nitrogen and oxygen atoms in total. The van der Waals surface area contributed by atoms with Gasteiger partial charge in [-0.15, -0.1) is 0 Å². The molecule has 0 bridgehead atoms. The highest BCUT2D eigenvalue weighted by Crippen LogP contribution is 2.35. The minimum Gasteiger partial charge on any atom is -0.486 e. The van der Waals surface area contributed by atoms with E-state index >= 15 is 0 Å². The Kier molecular flexibility index (Phi) is 5.13. The fraction of sp³-hybridized carbons (Fsp3) is 0.529. The number of rotatable bonds is 6. The molecular formula is C17H23NO5. The molecule has 6 heteroatoms. The summed E-state index contributed by atoms with van der Waals surface area (Å²) in [6.45, 7) is 5.16. The Morgan fingerprint density at radius 2 is 1.87 bits per heavy atom. The lowest BCUT2D eigenvalue weighted by Crippen LogP contribution is -2.41. The Bertz CT molecular complexity index is 597. The monoisotopic (exact) mass is 321 g/mol. The zero-order chi connectivity index (χ0) is 17.0. The number of hydrogen-bond acceptors (Lipinski definition) is 4. The van der Waals surface area contributed by atoms with Gasteiger partial charge in [0.2, 0.25) is 5.91 Å². The van der Waals surface area contributed by atoms with Gasteiger partial charge >= 0.3 is 5.97 Å². The number of nitrogens with zero attached hydrogens (tertiary/aromatic N) is 1. The maximum Gasteiger partial charge on any atom is 0.303 e. The summed E-state index contributed by atoms with van der Waals surface area (Å²) in [6.07, 6.45) is 0.497. The summed E-state index contributed by atoms with van der Waals surface area (Å²) in [5.74, 6) is 0.442. The van der Waals surface area contributed by atoms with Gasteiger partial charge in [-0.3, -0.25) is 9.59 Å². The van der Waals surface area contributed by atoms with Crippen LogP contribution < -0.4 is 9.47 Å². The van der Waals surface area contributed by atoms with E-state index < -0.39 is 11.4 Å². The summed E-state index contributed by atoms with van der Waals surface area (Å²) >= 11 is 0. The van der Waals surface area contributed by atoms with Gasteiger partial charge in [0.05, 0.1) is 5.41 Å². The van der Waals surface area contributed by atoms with Crippen LogP contribution in [0.3, 0.4) is 0 Å². The van der Waals surface area contributed by atoms with Crippen molar-refractivity contribution in [1.82, 2.24) is 4.90 Å². The number of ether oxygens (including phenoxy) is 2. The number of aliphatic carboxylic acids is 1. The smallest absolute Gasteiger partial charge is 0.303 e. The van der Waals surface area contributed by atoms with Gasteiger partial charge in [0.1, 0.15) is 13.2 Å². The first kappa shape index (κ1) is 17.1. The number of amides is 1. The molecule has 0 aromatic heterocycles. The fourth-order valence-electron chi connectivity index (χ4n) is 2.60. The summed E-state index contributed by atoms with van der Waals surface area (Å²) in [5, 5.41) is 8.69. The fourth-order valence-corrected chi connectivity index (χ4v) is 2.60. The quantitative estimate of drug-likeness (QED) is 0.868. The SMILES string of the molecule is CN(CCCC(=O)O)C(=O)C(C)(C)c1ccc2c(c1)OCCO2.